The number of carbonyl (C=O) groups excluding carboxylic acids is 1. The lowest BCUT2D eigenvalue weighted by atomic mass is 10.00. The first kappa shape index (κ1) is 30.1. The Morgan fingerprint density at radius 1 is 1.08 bits per heavy atom. The third kappa shape index (κ3) is 6.41. The van der Waals surface area contributed by atoms with E-state index in [9.17, 15) is 22.4 Å². The van der Waals surface area contributed by atoms with Crippen LogP contribution in [-0.4, -0.2) is 54.1 Å². The van der Waals surface area contributed by atoms with Gasteiger partial charge in [-0.3, -0.25) is 14.8 Å². The topological polar surface area (TPSA) is 109 Å². The van der Waals surface area contributed by atoms with Gasteiger partial charge in [0, 0.05) is 36.5 Å². The summed E-state index contributed by atoms with van der Waals surface area (Å²) < 4.78 is 53.0. The highest BCUT2D eigenvalue weighted by molar-refractivity contribution is 7.92. The summed E-state index contributed by atoms with van der Waals surface area (Å²) in [5.74, 6) is -2.39. The number of hydrogen-bond donors (Lipinski definition) is 2. The number of amides is 1. The molecule has 1 atom stereocenters. The van der Waals surface area contributed by atoms with Crippen molar-refractivity contribution in [1.82, 2.24) is 14.9 Å². The normalized spacial score (nSPS) is 13.1. The Balaban J connectivity index is 0.00000235. The Morgan fingerprint density at radius 3 is 2.27 bits per heavy atom. The minimum atomic E-state index is -3.98. The van der Waals surface area contributed by atoms with Crippen molar-refractivity contribution < 1.29 is 27.2 Å². The van der Waals surface area contributed by atoms with E-state index in [0.717, 1.165) is 29.5 Å². The fourth-order valence-corrected chi connectivity index (χ4v) is 4.70. The monoisotopic (exact) mass is 537 g/mol. The van der Waals surface area contributed by atoms with Crippen LogP contribution in [0.2, 0.25) is 0 Å². The van der Waals surface area contributed by atoms with Crippen LogP contribution >= 0.6 is 0 Å². The van der Waals surface area contributed by atoms with Crippen molar-refractivity contribution in [3.63, 3.8) is 0 Å². The van der Waals surface area contributed by atoms with Crippen LogP contribution in [0.4, 0.5) is 8.78 Å². The average molecular weight is 538 g/mol. The van der Waals surface area contributed by atoms with Crippen molar-refractivity contribution in [1.29, 1.82) is 0 Å². The lowest BCUT2D eigenvalue weighted by molar-refractivity contribution is -0.131. The molecule has 11 heteroatoms. The van der Waals surface area contributed by atoms with Crippen molar-refractivity contribution >= 4 is 26.5 Å². The summed E-state index contributed by atoms with van der Waals surface area (Å²) in [6, 6.07) is 9.08. The van der Waals surface area contributed by atoms with Crippen LogP contribution in [-0.2, 0) is 27.7 Å². The number of nitrogens with one attached hydrogen (secondary N) is 1. The molecule has 0 radical (unpaired) electrons. The molecule has 2 aromatic carbocycles. The predicted octanol–water partition coefficient (Wildman–Crippen LogP) is 3.73. The smallest absolute Gasteiger partial charge is 0.264 e. The van der Waals surface area contributed by atoms with E-state index < -0.39 is 37.7 Å². The molecule has 0 aliphatic heterocycles. The zero-order valence-electron chi connectivity index (χ0n) is 21.8. The third-order valence-electron chi connectivity index (χ3n) is 6.11. The molecule has 0 fully saturated rings. The van der Waals surface area contributed by atoms with Gasteiger partial charge in [0.05, 0.1) is 5.39 Å². The lowest BCUT2D eigenvalue weighted by Gasteiger charge is -2.25. The van der Waals surface area contributed by atoms with Gasteiger partial charge in [0.1, 0.15) is 11.6 Å². The van der Waals surface area contributed by atoms with Crippen LogP contribution in [0.3, 0.4) is 0 Å². The molecule has 0 spiro atoms. The van der Waals surface area contributed by atoms with Gasteiger partial charge in [-0.1, -0.05) is 32.0 Å². The molecule has 0 saturated heterocycles. The van der Waals surface area contributed by atoms with E-state index in [2.05, 4.69) is 0 Å². The molecule has 2 N–H and O–H groups in total. The molecular formula is C26H33F2N3O5S. The fraction of sp³-hybridized carbons (Fsp3) is 0.385. The van der Waals surface area contributed by atoms with Crippen molar-refractivity contribution in [3.8, 4) is 11.1 Å². The molecular weight excluding hydrogens is 504 g/mol. The summed E-state index contributed by atoms with van der Waals surface area (Å²) in [5, 5.41) is 8.95. The first-order valence-corrected chi connectivity index (χ1v) is 13.6. The molecule has 0 saturated carbocycles. The molecule has 0 aliphatic carbocycles. The summed E-state index contributed by atoms with van der Waals surface area (Å²) in [7, 11) is -0.243. The molecule has 0 aliphatic rings. The highest BCUT2D eigenvalue weighted by Gasteiger charge is 2.43. The van der Waals surface area contributed by atoms with Crippen LogP contribution in [0.25, 0.3) is 21.9 Å². The maximum absolute atomic E-state index is 15.0. The predicted molar refractivity (Wildman–Crippen MR) is 140 cm³/mol. The van der Waals surface area contributed by atoms with Gasteiger partial charge < -0.3 is 9.47 Å². The van der Waals surface area contributed by atoms with Gasteiger partial charge in [-0.25, -0.2) is 22.7 Å². The van der Waals surface area contributed by atoms with E-state index >= 15 is 4.39 Å². The number of nitrogens with zero attached hydrogens (tertiary/aromatic N) is 2. The number of halogens is 2. The standard InChI is InChI=1S/C24H27F2N3O5S.C2H6/c1-24(23(31)27-32,35(4,33)34)9-10-29-14-21(26)19-12-16(6-8-18(19)22(29)30)17-7-5-15(11-20(17)25)13-28(2)3;1-2/h5-8,11-12,14,32H,9-10,13H2,1-4H3,(H,27,31);1-2H3/t24-;/m1./s1. The molecule has 0 bridgehead atoms. The van der Waals surface area contributed by atoms with Crippen LogP contribution in [0.5, 0.6) is 0 Å². The SMILES string of the molecule is CC.CN(C)Cc1ccc(-c2ccc3c(=O)n(CC[C@](C)(C(=O)NO)S(C)(=O)=O)cc(F)c3c2)c(F)c1. The second-order valence-corrected chi connectivity index (χ2v) is 11.4. The van der Waals surface area contributed by atoms with Gasteiger partial charge in [0.25, 0.3) is 11.5 Å². The zero-order valence-corrected chi connectivity index (χ0v) is 22.6. The summed E-state index contributed by atoms with van der Waals surface area (Å²) in [5.41, 5.74) is 2.16. The summed E-state index contributed by atoms with van der Waals surface area (Å²) in [4.78, 5) is 26.9. The van der Waals surface area contributed by atoms with Crippen LogP contribution < -0.4 is 11.0 Å². The second-order valence-electron chi connectivity index (χ2n) is 8.98. The lowest BCUT2D eigenvalue weighted by Crippen LogP contribution is -2.50. The number of carbonyl (C=O) groups is 1. The molecule has 1 amide bonds. The number of pyridine rings is 1. The van der Waals surface area contributed by atoms with Gasteiger partial charge in [-0.05, 0) is 56.8 Å². The molecule has 37 heavy (non-hydrogen) atoms. The Kier molecular flexibility index (Phi) is 9.70. The number of aryl methyl sites for hydroxylation is 1. The molecule has 3 rings (SSSR count). The number of hydroxylamine groups is 1. The van der Waals surface area contributed by atoms with E-state index in [-0.39, 0.29) is 29.3 Å². The van der Waals surface area contributed by atoms with Crippen molar-refractivity contribution in [3.05, 3.63) is 70.1 Å². The second kappa shape index (κ2) is 11.9. The molecule has 1 heterocycles. The Bertz CT molecular complexity index is 1450. The maximum atomic E-state index is 15.0. The number of benzene rings is 2. The van der Waals surface area contributed by atoms with Gasteiger partial charge in [0.2, 0.25) is 0 Å². The molecule has 1 aromatic heterocycles. The van der Waals surface area contributed by atoms with Crippen molar-refractivity contribution in [2.24, 2.45) is 0 Å². The quantitative estimate of drug-likeness (QED) is 0.335. The largest absolute Gasteiger partial charge is 0.312 e. The van der Waals surface area contributed by atoms with Gasteiger partial charge in [-0.15, -0.1) is 0 Å². The fourth-order valence-electron chi connectivity index (χ4n) is 3.86. The van der Waals surface area contributed by atoms with E-state index in [0.29, 0.717) is 12.1 Å². The first-order chi connectivity index (χ1) is 17.3. The minimum absolute atomic E-state index is 0.0144. The van der Waals surface area contributed by atoms with Crippen LogP contribution in [0.1, 0.15) is 32.8 Å². The summed E-state index contributed by atoms with van der Waals surface area (Å²) in [6.07, 6.45) is 1.37. The van der Waals surface area contributed by atoms with E-state index in [1.54, 1.807) is 12.1 Å². The van der Waals surface area contributed by atoms with E-state index in [4.69, 9.17) is 5.21 Å². The van der Waals surface area contributed by atoms with Crippen LogP contribution in [0, 0.1) is 11.6 Å². The van der Waals surface area contributed by atoms with Gasteiger partial charge in [0.15, 0.2) is 14.6 Å². The molecule has 0 unspecified atom stereocenters. The Labute approximate surface area is 215 Å². The Hall–Kier alpha value is -3.15. The Morgan fingerprint density at radius 2 is 1.73 bits per heavy atom. The average Bonchev–Trinajstić information content (AvgIpc) is 2.84. The zero-order chi connectivity index (χ0) is 28.1. The molecule has 202 valence electrons. The third-order valence-corrected chi connectivity index (χ3v) is 8.14. The summed E-state index contributed by atoms with van der Waals surface area (Å²) in [6.45, 7) is 5.37. The van der Waals surface area contributed by atoms with Crippen molar-refractivity contribution in [2.75, 3.05) is 20.4 Å². The minimum Gasteiger partial charge on any atom is -0.312 e. The molecule has 3 aromatic rings. The highest BCUT2D eigenvalue weighted by Crippen LogP contribution is 2.28. The highest BCUT2D eigenvalue weighted by atomic mass is 32.2. The number of sulfone groups is 1. The first-order valence-electron chi connectivity index (χ1n) is 11.7. The summed E-state index contributed by atoms with van der Waals surface area (Å²) >= 11 is 0. The van der Waals surface area contributed by atoms with Crippen LogP contribution in [0.15, 0.2) is 47.4 Å². The van der Waals surface area contributed by atoms with E-state index in [1.165, 1.54) is 29.7 Å². The maximum Gasteiger partial charge on any atom is 0.264 e. The van der Waals surface area contributed by atoms with Gasteiger partial charge >= 0.3 is 0 Å². The number of aromatic nitrogens is 1. The number of rotatable bonds is 8. The van der Waals surface area contributed by atoms with Gasteiger partial charge in [-0.2, -0.15) is 0 Å². The van der Waals surface area contributed by atoms with Crippen molar-refractivity contribution in [2.45, 2.75) is 45.0 Å². The van der Waals surface area contributed by atoms with E-state index in [1.807, 2.05) is 32.8 Å². The number of fused-ring (bicyclic) bond motifs is 1. The molecule has 8 nitrogen and oxygen atoms in total. The number of hydrogen-bond acceptors (Lipinski definition) is 6.